The zero-order valence-electron chi connectivity index (χ0n) is 12.9. The first-order valence-electron chi connectivity index (χ1n) is 7.32. The van der Waals surface area contributed by atoms with E-state index in [0.717, 1.165) is 5.69 Å². The molecule has 0 amide bonds. The van der Waals surface area contributed by atoms with Gasteiger partial charge in [0.1, 0.15) is 17.5 Å². The van der Waals surface area contributed by atoms with Gasteiger partial charge in [0.15, 0.2) is 0 Å². The van der Waals surface area contributed by atoms with Crippen LogP contribution in [0.3, 0.4) is 0 Å². The Morgan fingerprint density at radius 1 is 0.958 bits per heavy atom. The number of rotatable bonds is 5. The Bertz CT molecular complexity index is 819. The van der Waals surface area contributed by atoms with Crippen molar-refractivity contribution in [1.29, 1.82) is 0 Å². The zero-order chi connectivity index (χ0) is 16.9. The number of hydrogen-bond donors (Lipinski definition) is 2. The second-order valence-electron chi connectivity index (χ2n) is 5.08. The highest BCUT2D eigenvalue weighted by Crippen LogP contribution is 2.32. The SMILES string of the molecule is Cc1nc(NCc2ccccn2)cc(Nc2c(Cl)cccc2Cl)n1. The fourth-order valence-electron chi connectivity index (χ4n) is 2.15. The number of nitrogens with zero attached hydrogens (tertiary/aromatic N) is 3. The molecule has 24 heavy (non-hydrogen) atoms. The van der Waals surface area contributed by atoms with E-state index in [-0.39, 0.29) is 0 Å². The zero-order valence-corrected chi connectivity index (χ0v) is 14.4. The summed E-state index contributed by atoms with van der Waals surface area (Å²) < 4.78 is 0. The maximum Gasteiger partial charge on any atom is 0.136 e. The molecule has 122 valence electrons. The minimum atomic E-state index is 0.529. The van der Waals surface area contributed by atoms with Gasteiger partial charge in [0.05, 0.1) is 28.0 Å². The molecule has 0 spiro atoms. The fraction of sp³-hybridized carbons (Fsp3) is 0.118. The van der Waals surface area contributed by atoms with E-state index in [1.165, 1.54) is 0 Å². The van der Waals surface area contributed by atoms with Crippen LogP contribution in [0.5, 0.6) is 0 Å². The molecule has 0 aliphatic heterocycles. The molecule has 0 fully saturated rings. The maximum atomic E-state index is 6.19. The van der Waals surface area contributed by atoms with Crippen LogP contribution in [0.4, 0.5) is 17.3 Å². The Morgan fingerprint density at radius 2 is 1.71 bits per heavy atom. The number of benzene rings is 1. The second-order valence-corrected chi connectivity index (χ2v) is 5.90. The highest BCUT2D eigenvalue weighted by molar-refractivity contribution is 6.39. The average Bonchev–Trinajstić information content (AvgIpc) is 2.57. The molecule has 1 aromatic carbocycles. The lowest BCUT2D eigenvalue weighted by molar-refractivity contribution is 0.996. The molecule has 2 heterocycles. The van der Waals surface area contributed by atoms with Crippen molar-refractivity contribution >= 4 is 40.5 Å². The lowest BCUT2D eigenvalue weighted by atomic mass is 10.3. The number of nitrogens with one attached hydrogen (secondary N) is 2. The number of anilines is 3. The van der Waals surface area contributed by atoms with E-state index >= 15 is 0 Å². The summed E-state index contributed by atoms with van der Waals surface area (Å²) in [6, 6.07) is 12.9. The lowest BCUT2D eigenvalue weighted by Crippen LogP contribution is -2.06. The Kier molecular flexibility index (Phi) is 5.13. The second kappa shape index (κ2) is 7.47. The van der Waals surface area contributed by atoms with Crippen LogP contribution in [-0.4, -0.2) is 15.0 Å². The van der Waals surface area contributed by atoms with Crippen molar-refractivity contribution in [2.75, 3.05) is 10.6 Å². The number of aromatic nitrogens is 3. The van der Waals surface area contributed by atoms with Crippen LogP contribution in [0, 0.1) is 6.92 Å². The van der Waals surface area contributed by atoms with E-state index in [4.69, 9.17) is 23.2 Å². The van der Waals surface area contributed by atoms with Gasteiger partial charge < -0.3 is 10.6 Å². The lowest BCUT2D eigenvalue weighted by Gasteiger charge is -2.12. The number of hydrogen-bond acceptors (Lipinski definition) is 5. The minimum absolute atomic E-state index is 0.529. The number of para-hydroxylation sites is 1. The van der Waals surface area contributed by atoms with Crippen molar-refractivity contribution in [1.82, 2.24) is 15.0 Å². The Labute approximate surface area is 150 Å². The van der Waals surface area contributed by atoms with Gasteiger partial charge in [-0.25, -0.2) is 9.97 Å². The van der Waals surface area contributed by atoms with E-state index in [0.29, 0.717) is 39.7 Å². The van der Waals surface area contributed by atoms with Gasteiger partial charge in [-0.15, -0.1) is 0 Å². The molecule has 3 aromatic rings. The van der Waals surface area contributed by atoms with Crippen LogP contribution < -0.4 is 10.6 Å². The molecule has 0 saturated heterocycles. The summed E-state index contributed by atoms with van der Waals surface area (Å²) in [7, 11) is 0. The topological polar surface area (TPSA) is 62.7 Å². The largest absolute Gasteiger partial charge is 0.364 e. The summed E-state index contributed by atoms with van der Waals surface area (Å²) in [5.41, 5.74) is 1.55. The van der Waals surface area contributed by atoms with Crippen LogP contribution in [0.25, 0.3) is 0 Å². The van der Waals surface area contributed by atoms with Gasteiger partial charge in [0, 0.05) is 12.3 Å². The third-order valence-corrected chi connectivity index (χ3v) is 3.86. The van der Waals surface area contributed by atoms with Crippen LogP contribution in [0.1, 0.15) is 11.5 Å². The predicted molar refractivity (Wildman–Crippen MR) is 98.1 cm³/mol. The summed E-state index contributed by atoms with van der Waals surface area (Å²) in [4.78, 5) is 13.0. The Hall–Kier alpha value is -2.37. The summed E-state index contributed by atoms with van der Waals surface area (Å²) >= 11 is 12.4. The van der Waals surface area contributed by atoms with E-state index < -0.39 is 0 Å². The van der Waals surface area contributed by atoms with Gasteiger partial charge >= 0.3 is 0 Å². The van der Waals surface area contributed by atoms with Crippen molar-refractivity contribution in [3.05, 3.63) is 70.2 Å². The summed E-state index contributed by atoms with van der Waals surface area (Å²) in [6.07, 6.45) is 1.76. The van der Waals surface area contributed by atoms with Crippen LogP contribution in [-0.2, 0) is 6.54 Å². The molecule has 7 heteroatoms. The molecule has 0 radical (unpaired) electrons. The van der Waals surface area contributed by atoms with Gasteiger partial charge in [-0.05, 0) is 31.2 Å². The quantitative estimate of drug-likeness (QED) is 0.682. The molecular weight excluding hydrogens is 345 g/mol. The first kappa shape index (κ1) is 16.5. The minimum Gasteiger partial charge on any atom is -0.364 e. The Balaban J connectivity index is 1.79. The molecule has 0 aliphatic rings. The molecule has 0 unspecified atom stereocenters. The summed E-state index contributed by atoms with van der Waals surface area (Å²) in [6.45, 7) is 2.40. The fourth-order valence-corrected chi connectivity index (χ4v) is 2.64. The monoisotopic (exact) mass is 359 g/mol. The molecule has 0 atom stereocenters. The Morgan fingerprint density at radius 3 is 2.42 bits per heavy atom. The normalized spacial score (nSPS) is 10.5. The maximum absolute atomic E-state index is 6.19. The predicted octanol–water partition coefficient (Wildman–Crippen LogP) is 4.84. The molecule has 2 N–H and O–H groups in total. The van der Waals surface area contributed by atoms with Crippen molar-refractivity contribution < 1.29 is 0 Å². The highest BCUT2D eigenvalue weighted by atomic mass is 35.5. The number of pyridine rings is 1. The average molecular weight is 360 g/mol. The molecule has 2 aromatic heterocycles. The van der Waals surface area contributed by atoms with Crippen LogP contribution in [0.2, 0.25) is 10.0 Å². The van der Waals surface area contributed by atoms with Gasteiger partial charge in [-0.3, -0.25) is 4.98 Å². The number of aryl methyl sites for hydroxylation is 1. The van der Waals surface area contributed by atoms with Gasteiger partial charge in [-0.2, -0.15) is 0 Å². The standard InChI is InChI=1S/C17H15Cl2N5/c1-11-22-15(21-10-12-5-2-3-8-20-12)9-16(23-11)24-17-13(18)6-4-7-14(17)19/h2-9H,10H2,1H3,(H2,21,22,23,24). The van der Waals surface area contributed by atoms with Crippen molar-refractivity contribution in [3.8, 4) is 0 Å². The van der Waals surface area contributed by atoms with E-state index in [9.17, 15) is 0 Å². The third kappa shape index (κ3) is 4.13. The third-order valence-electron chi connectivity index (χ3n) is 3.23. The molecule has 5 nitrogen and oxygen atoms in total. The van der Waals surface area contributed by atoms with Crippen molar-refractivity contribution in [2.24, 2.45) is 0 Å². The van der Waals surface area contributed by atoms with Crippen LogP contribution >= 0.6 is 23.2 Å². The molecule has 0 bridgehead atoms. The molecular formula is C17H15Cl2N5. The first-order chi connectivity index (χ1) is 11.6. The molecule has 3 rings (SSSR count). The van der Waals surface area contributed by atoms with E-state index in [1.807, 2.05) is 25.1 Å². The van der Waals surface area contributed by atoms with Crippen molar-refractivity contribution in [2.45, 2.75) is 13.5 Å². The molecule has 0 aliphatic carbocycles. The van der Waals surface area contributed by atoms with E-state index in [1.54, 1.807) is 30.5 Å². The van der Waals surface area contributed by atoms with Crippen LogP contribution in [0.15, 0.2) is 48.7 Å². The summed E-state index contributed by atoms with van der Waals surface area (Å²) in [5.74, 6) is 1.94. The number of halogens is 2. The summed E-state index contributed by atoms with van der Waals surface area (Å²) in [5, 5.41) is 7.45. The molecule has 0 saturated carbocycles. The van der Waals surface area contributed by atoms with Crippen molar-refractivity contribution in [3.63, 3.8) is 0 Å². The van der Waals surface area contributed by atoms with E-state index in [2.05, 4.69) is 25.6 Å². The smallest absolute Gasteiger partial charge is 0.136 e. The van der Waals surface area contributed by atoms with Gasteiger partial charge in [0.2, 0.25) is 0 Å². The van der Waals surface area contributed by atoms with Gasteiger partial charge in [-0.1, -0.05) is 35.3 Å². The highest BCUT2D eigenvalue weighted by Gasteiger charge is 2.08. The first-order valence-corrected chi connectivity index (χ1v) is 8.08. The van der Waals surface area contributed by atoms with Gasteiger partial charge in [0.25, 0.3) is 0 Å².